The van der Waals surface area contributed by atoms with Crippen LogP contribution in [0.15, 0.2) is 67.6 Å². The summed E-state index contributed by atoms with van der Waals surface area (Å²) in [5.74, 6) is 2.54. The highest BCUT2D eigenvalue weighted by Gasteiger charge is 2.22. The summed E-state index contributed by atoms with van der Waals surface area (Å²) in [5, 5.41) is 15.3. The zero-order chi connectivity index (χ0) is 32.0. The van der Waals surface area contributed by atoms with Gasteiger partial charge in [0, 0.05) is 54.6 Å². The largest absolute Gasteiger partial charge is 0.493 e. The Morgan fingerprint density at radius 3 is 2.80 bits per heavy atom. The van der Waals surface area contributed by atoms with Crippen molar-refractivity contribution < 1.29 is 23.9 Å². The van der Waals surface area contributed by atoms with E-state index in [4.69, 9.17) is 30.5 Å². The number of hydrogen-bond acceptors (Lipinski definition) is 9. The van der Waals surface area contributed by atoms with Gasteiger partial charge in [-0.25, -0.2) is 0 Å². The van der Waals surface area contributed by atoms with Crippen molar-refractivity contribution in [3.8, 4) is 23.0 Å². The molecule has 12 heteroatoms. The molecule has 0 spiro atoms. The van der Waals surface area contributed by atoms with Crippen molar-refractivity contribution in [3.63, 3.8) is 0 Å². The van der Waals surface area contributed by atoms with Gasteiger partial charge in [0.1, 0.15) is 12.8 Å². The van der Waals surface area contributed by atoms with E-state index in [0.29, 0.717) is 49.3 Å². The van der Waals surface area contributed by atoms with E-state index in [0.717, 1.165) is 52.4 Å². The third-order valence-electron chi connectivity index (χ3n) is 7.95. The van der Waals surface area contributed by atoms with E-state index in [9.17, 15) is 10.1 Å². The first-order valence-corrected chi connectivity index (χ1v) is 15.3. The molecule has 11 nitrogen and oxygen atoms in total. The molecular formula is C34H34ClN5O6. The molecule has 0 bridgehead atoms. The number of aromatic nitrogens is 2. The van der Waals surface area contributed by atoms with Gasteiger partial charge in [-0.1, -0.05) is 42.5 Å². The van der Waals surface area contributed by atoms with Crippen LogP contribution in [0.25, 0.3) is 17.8 Å². The van der Waals surface area contributed by atoms with Crippen molar-refractivity contribution in [1.82, 2.24) is 19.8 Å². The number of halogens is 1. The Hall–Kier alpha value is -5.00. The molecule has 0 radical (unpaired) electrons. The Bertz CT molecular complexity index is 1790. The van der Waals surface area contributed by atoms with E-state index in [2.05, 4.69) is 33.9 Å². The number of fused-ring (bicyclic) bond motifs is 2. The highest BCUT2D eigenvalue weighted by atomic mass is 35.5. The molecule has 0 saturated heterocycles. The molecule has 0 amide bonds. The van der Waals surface area contributed by atoms with Crippen molar-refractivity contribution in [2.24, 2.45) is 0 Å². The lowest BCUT2D eigenvalue weighted by Crippen LogP contribution is -2.31. The lowest BCUT2D eigenvalue weighted by atomic mass is 9.95. The summed E-state index contributed by atoms with van der Waals surface area (Å²) < 4.78 is 25.1. The molecule has 46 heavy (non-hydrogen) atoms. The van der Waals surface area contributed by atoms with Gasteiger partial charge in [-0.05, 0) is 69.4 Å². The standard InChI is InChI=1S/C34H34ClN5O6/c1-3-27-24(16-29-28-18-32-31(45-22-46-32)17-25(28)9-10-36-29)7-8-30(43-2)34(27)44-14-13-38(19-23-5-4-6-26(35)15-23)11-12-39-20-33(37-21-39)40(41)42/h3-8,15-18,20-21,36H,1,9-14,19,22H2,2H3/b29-16-. The van der Waals surface area contributed by atoms with Crippen molar-refractivity contribution >= 4 is 35.3 Å². The SMILES string of the molecule is C=Cc1c(/C=C2\NCCc3cc4c(cc32)OCO4)ccc(OC)c1OCCN(CCn1cnc([N+](=O)[O-])c1)Cc1cccc(Cl)c1. The Morgan fingerprint density at radius 1 is 1.20 bits per heavy atom. The highest BCUT2D eigenvalue weighted by molar-refractivity contribution is 6.30. The van der Waals surface area contributed by atoms with Crippen LogP contribution in [0.5, 0.6) is 23.0 Å². The molecule has 2 aliphatic rings. The van der Waals surface area contributed by atoms with Gasteiger partial charge in [0.15, 0.2) is 23.0 Å². The average Bonchev–Trinajstić information content (AvgIpc) is 3.73. The van der Waals surface area contributed by atoms with Crippen LogP contribution in [-0.4, -0.2) is 59.5 Å². The van der Waals surface area contributed by atoms with Crippen molar-refractivity contribution in [1.29, 1.82) is 0 Å². The third-order valence-corrected chi connectivity index (χ3v) is 8.18. The number of methoxy groups -OCH3 is 1. The van der Waals surface area contributed by atoms with E-state index in [1.165, 1.54) is 18.1 Å². The van der Waals surface area contributed by atoms with Crippen LogP contribution < -0.4 is 24.3 Å². The summed E-state index contributed by atoms with van der Waals surface area (Å²) in [4.78, 5) is 16.7. The van der Waals surface area contributed by atoms with E-state index >= 15 is 0 Å². The van der Waals surface area contributed by atoms with Gasteiger partial charge in [0.05, 0.1) is 7.11 Å². The molecule has 0 unspecified atom stereocenters. The molecule has 3 heterocycles. The van der Waals surface area contributed by atoms with Crippen LogP contribution in [0, 0.1) is 10.1 Å². The van der Waals surface area contributed by atoms with Gasteiger partial charge in [-0.2, -0.15) is 0 Å². The molecule has 1 aromatic heterocycles. The number of ether oxygens (including phenoxy) is 4. The summed E-state index contributed by atoms with van der Waals surface area (Å²) >= 11 is 6.26. The minimum absolute atomic E-state index is 0.179. The minimum atomic E-state index is -0.499. The highest BCUT2D eigenvalue weighted by Crippen LogP contribution is 2.40. The van der Waals surface area contributed by atoms with E-state index in [1.54, 1.807) is 17.8 Å². The summed E-state index contributed by atoms with van der Waals surface area (Å²) in [6.07, 6.45) is 7.67. The number of nitro groups is 1. The molecule has 6 rings (SSSR count). The number of benzene rings is 3. The molecule has 0 fully saturated rings. The molecule has 0 aliphatic carbocycles. The Labute approximate surface area is 271 Å². The lowest BCUT2D eigenvalue weighted by Gasteiger charge is -2.24. The topological polar surface area (TPSA) is 113 Å². The summed E-state index contributed by atoms with van der Waals surface area (Å²) in [7, 11) is 1.62. The van der Waals surface area contributed by atoms with Crippen molar-refractivity contribution in [3.05, 3.63) is 111 Å². The Kier molecular flexibility index (Phi) is 9.41. The predicted octanol–water partition coefficient (Wildman–Crippen LogP) is 6.05. The normalized spacial score (nSPS) is 14.2. The second kappa shape index (κ2) is 14.0. The van der Waals surface area contributed by atoms with Crippen LogP contribution in [-0.2, 0) is 19.5 Å². The number of nitrogens with one attached hydrogen (secondary N) is 1. The number of imidazole rings is 1. The zero-order valence-electron chi connectivity index (χ0n) is 25.4. The summed E-state index contributed by atoms with van der Waals surface area (Å²) in [6.45, 7) is 7.78. The fourth-order valence-electron chi connectivity index (χ4n) is 5.66. The number of nitrogens with zero attached hydrogens (tertiary/aromatic N) is 4. The second-order valence-electron chi connectivity index (χ2n) is 10.9. The van der Waals surface area contributed by atoms with Crippen LogP contribution in [0.2, 0.25) is 5.02 Å². The first-order valence-electron chi connectivity index (χ1n) is 14.9. The Balaban J connectivity index is 1.22. The summed E-state index contributed by atoms with van der Waals surface area (Å²) in [5.41, 5.74) is 6.04. The van der Waals surface area contributed by atoms with E-state index in [-0.39, 0.29) is 12.6 Å². The maximum atomic E-state index is 11.1. The van der Waals surface area contributed by atoms with Crippen LogP contribution >= 0.6 is 11.6 Å². The maximum Gasteiger partial charge on any atom is 0.381 e. The predicted molar refractivity (Wildman–Crippen MR) is 176 cm³/mol. The van der Waals surface area contributed by atoms with E-state index < -0.39 is 4.92 Å². The molecule has 4 aromatic rings. The average molecular weight is 644 g/mol. The second-order valence-corrected chi connectivity index (χ2v) is 11.3. The third kappa shape index (κ3) is 6.95. The lowest BCUT2D eigenvalue weighted by molar-refractivity contribution is -0.389. The van der Waals surface area contributed by atoms with Gasteiger partial charge in [0.2, 0.25) is 13.1 Å². The van der Waals surface area contributed by atoms with Gasteiger partial charge >= 0.3 is 5.82 Å². The van der Waals surface area contributed by atoms with Crippen LogP contribution in [0.4, 0.5) is 5.82 Å². The number of rotatable bonds is 13. The monoisotopic (exact) mass is 643 g/mol. The molecule has 0 saturated carbocycles. The molecule has 1 N–H and O–H groups in total. The zero-order valence-corrected chi connectivity index (χ0v) is 26.2. The molecule has 238 valence electrons. The maximum absolute atomic E-state index is 11.1. The molecular weight excluding hydrogens is 610 g/mol. The van der Waals surface area contributed by atoms with Gasteiger partial charge in [-0.3, -0.25) is 4.90 Å². The van der Waals surface area contributed by atoms with E-state index in [1.807, 2.05) is 42.5 Å². The van der Waals surface area contributed by atoms with Crippen molar-refractivity contribution in [2.75, 3.05) is 40.1 Å². The molecule has 0 atom stereocenters. The molecule has 3 aromatic carbocycles. The minimum Gasteiger partial charge on any atom is -0.493 e. The smallest absolute Gasteiger partial charge is 0.381 e. The summed E-state index contributed by atoms with van der Waals surface area (Å²) in [6, 6.07) is 15.7. The quantitative estimate of drug-likeness (QED) is 0.137. The van der Waals surface area contributed by atoms with Gasteiger partial charge in [0.25, 0.3) is 0 Å². The fourth-order valence-corrected chi connectivity index (χ4v) is 5.87. The van der Waals surface area contributed by atoms with Gasteiger partial charge in [-0.15, -0.1) is 0 Å². The van der Waals surface area contributed by atoms with Crippen LogP contribution in [0.3, 0.4) is 0 Å². The molecule has 2 aliphatic heterocycles. The van der Waals surface area contributed by atoms with Crippen LogP contribution in [0.1, 0.15) is 27.8 Å². The fraction of sp³-hybridized carbons (Fsp3) is 0.265. The Morgan fingerprint density at radius 2 is 2.04 bits per heavy atom. The number of hydrogen-bond donors (Lipinski definition) is 1. The van der Waals surface area contributed by atoms with Crippen molar-refractivity contribution in [2.45, 2.75) is 19.5 Å². The first-order chi connectivity index (χ1) is 22.4. The first kappa shape index (κ1) is 31.0. The van der Waals surface area contributed by atoms with Gasteiger partial charge < -0.3 is 38.9 Å².